The van der Waals surface area contributed by atoms with Crippen LogP contribution in [0.25, 0.3) is 11.1 Å². The van der Waals surface area contributed by atoms with E-state index in [0.29, 0.717) is 17.2 Å². The lowest BCUT2D eigenvalue weighted by Crippen LogP contribution is -1.98. The normalized spacial score (nSPS) is 19.6. The number of aryl methyl sites for hydroxylation is 2. The average molecular weight is 285 g/mol. The molecule has 1 heterocycles. The number of methoxy groups -OCH3 is 1. The topological polar surface area (TPSA) is 53.1 Å². The maximum atomic E-state index is 6.31. The molecule has 0 spiro atoms. The van der Waals surface area contributed by atoms with Gasteiger partial charge in [-0.2, -0.15) is 5.10 Å². The third-order valence-corrected chi connectivity index (χ3v) is 4.59. The molecule has 1 fully saturated rings. The number of aromatic nitrogens is 2. The van der Waals surface area contributed by atoms with Crippen molar-refractivity contribution in [3.05, 3.63) is 29.5 Å². The minimum atomic E-state index is 0.312. The van der Waals surface area contributed by atoms with Gasteiger partial charge in [-0.1, -0.05) is 25.5 Å². The fourth-order valence-corrected chi connectivity index (χ4v) is 3.03. The fourth-order valence-electron chi connectivity index (χ4n) is 3.03. The molecule has 4 heteroatoms. The number of benzene rings is 1. The highest BCUT2D eigenvalue weighted by Gasteiger charge is 2.49. The molecule has 2 aromatic rings. The number of hydrogen-bond acceptors (Lipinski definition) is 3. The molecular weight excluding hydrogens is 262 g/mol. The smallest absolute Gasteiger partial charge is 0.129 e. The van der Waals surface area contributed by atoms with Crippen molar-refractivity contribution in [2.75, 3.05) is 12.8 Å². The number of nitrogens with zero attached hydrogens (tertiary/aromatic N) is 2. The molecule has 1 saturated carbocycles. The second-order valence-electron chi connectivity index (χ2n) is 6.72. The van der Waals surface area contributed by atoms with Gasteiger partial charge in [0.05, 0.1) is 18.4 Å². The van der Waals surface area contributed by atoms with Gasteiger partial charge >= 0.3 is 0 Å². The lowest BCUT2D eigenvalue weighted by molar-refractivity contribution is 0.416. The van der Waals surface area contributed by atoms with Crippen LogP contribution in [0.2, 0.25) is 0 Å². The molecule has 1 aromatic heterocycles. The van der Waals surface area contributed by atoms with E-state index in [0.717, 1.165) is 29.0 Å². The van der Waals surface area contributed by atoms with Crippen LogP contribution in [0.4, 0.5) is 5.82 Å². The quantitative estimate of drug-likeness (QED) is 0.939. The van der Waals surface area contributed by atoms with Crippen LogP contribution in [-0.4, -0.2) is 16.9 Å². The van der Waals surface area contributed by atoms with Gasteiger partial charge in [-0.25, -0.2) is 0 Å². The van der Waals surface area contributed by atoms with E-state index >= 15 is 0 Å². The first-order valence-corrected chi connectivity index (χ1v) is 7.32. The third-order valence-electron chi connectivity index (χ3n) is 4.59. The molecular formula is C17H23N3O. The molecule has 1 aliphatic carbocycles. The summed E-state index contributed by atoms with van der Waals surface area (Å²) >= 11 is 0. The van der Waals surface area contributed by atoms with Crippen LogP contribution in [0.5, 0.6) is 5.75 Å². The van der Waals surface area contributed by atoms with Crippen LogP contribution in [0.1, 0.15) is 37.4 Å². The van der Waals surface area contributed by atoms with E-state index < -0.39 is 0 Å². The van der Waals surface area contributed by atoms with Crippen molar-refractivity contribution in [1.29, 1.82) is 0 Å². The largest absolute Gasteiger partial charge is 0.496 e. The van der Waals surface area contributed by atoms with E-state index in [1.807, 2.05) is 13.1 Å². The van der Waals surface area contributed by atoms with Gasteiger partial charge in [-0.05, 0) is 30.9 Å². The number of ether oxygens (including phenoxy) is 1. The first-order valence-electron chi connectivity index (χ1n) is 7.32. The molecule has 21 heavy (non-hydrogen) atoms. The van der Waals surface area contributed by atoms with Crippen molar-refractivity contribution in [2.45, 2.75) is 33.1 Å². The monoisotopic (exact) mass is 285 g/mol. The molecule has 0 radical (unpaired) electrons. The summed E-state index contributed by atoms with van der Waals surface area (Å²) < 4.78 is 7.31. The Morgan fingerprint density at radius 2 is 2.05 bits per heavy atom. The molecule has 2 N–H and O–H groups in total. The molecule has 0 amide bonds. The molecule has 1 aromatic carbocycles. The van der Waals surface area contributed by atoms with Gasteiger partial charge in [-0.3, -0.25) is 4.68 Å². The van der Waals surface area contributed by atoms with Crippen LogP contribution in [0, 0.1) is 12.3 Å². The highest BCUT2D eigenvalue weighted by molar-refractivity contribution is 5.82. The lowest BCUT2D eigenvalue weighted by Gasteiger charge is -2.11. The number of nitrogen functional groups attached to an aromatic ring is 1. The van der Waals surface area contributed by atoms with Gasteiger partial charge in [0.2, 0.25) is 0 Å². The highest BCUT2D eigenvalue weighted by Crippen LogP contribution is 2.60. The molecule has 0 saturated heterocycles. The summed E-state index contributed by atoms with van der Waals surface area (Å²) in [7, 11) is 3.60. The molecule has 3 rings (SSSR count). The maximum absolute atomic E-state index is 6.31. The van der Waals surface area contributed by atoms with Crippen molar-refractivity contribution in [2.24, 2.45) is 12.5 Å². The van der Waals surface area contributed by atoms with Gasteiger partial charge in [0, 0.05) is 18.5 Å². The minimum Gasteiger partial charge on any atom is -0.496 e. The Balaban J connectivity index is 2.21. The Labute approximate surface area is 125 Å². The summed E-state index contributed by atoms with van der Waals surface area (Å²) in [6.07, 6.45) is 1.16. The summed E-state index contributed by atoms with van der Waals surface area (Å²) in [5, 5.41) is 4.69. The summed E-state index contributed by atoms with van der Waals surface area (Å²) in [4.78, 5) is 0. The van der Waals surface area contributed by atoms with E-state index in [-0.39, 0.29) is 0 Å². The van der Waals surface area contributed by atoms with Gasteiger partial charge < -0.3 is 10.5 Å². The van der Waals surface area contributed by atoms with Crippen molar-refractivity contribution in [3.8, 4) is 16.9 Å². The van der Waals surface area contributed by atoms with Crippen molar-refractivity contribution < 1.29 is 4.74 Å². The molecule has 1 atom stereocenters. The van der Waals surface area contributed by atoms with Crippen LogP contribution < -0.4 is 10.5 Å². The minimum absolute atomic E-state index is 0.312. The van der Waals surface area contributed by atoms with Crippen molar-refractivity contribution >= 4 is 5.82 Å². The number of anilines is 1. The predicted octanol–water partition coefficient (Wildman–Crippen LogP) is 3.50. The van der Waals surface area contributed by atoms with Crippen LogP contribution in [0.15, 0.2) is 18.2 Å². The lowest BCUT2D eigenvalue weighted by atomic mass is 9.97. The van der Waals surface area contributed by atoms with Crippen LogP contribution in [0.3, 0.4) is 0 Å². The Hall–Kier alpha value is -1.97. The van der Waals surface area contributed by atoms with Crippen LogP contribution in [-0.2, 0) is 7.05 Å². The first-order chi connectivity index (χ1) is 9.85. The molecule has 112 valence electrons. The number of nitrogens with two attached hydrogens (primary N) is 1. The Bertz CT molecular complexity index is 700. The van der Waals surface area contributed by atoms with E-state index in [4.69, 9.17) is 10.5 Å². The first kappa shape index (κ1) is 14.0. The van der Waals surface area contributed by atoms with E-state index in [9.17, 15) is 0 Å². The third kappa shape index (κ3) is 2.19. The second kappa shape index (κ2) is 4.52. The van der Waals surface area contributed by atoms with E-state index in [1.54, 1.807) is 11.8 Å². The summed E-state index contributed by atoms with van der Waals surface area (Å²) in [6.45, 7) is 6.63. The van der Waals surface area contributed by atoms with Crippen molar-refractivity contribution in [1.82, 2.24) is 9.78 Å². The molecule has 0 bridgehead atoms. The van der Waals surface area contributed by atoms with Crippen LogP contribution >= 0.6 is 0 Å². The zero-order valence-electron chi connectivity index (χ0n) is 13.4. The van der Waals surface area contributed by atoms with Gasteiger partial charge in [0.25, 0.3) is 0 Å². The summed E-state index contributed by atoms with van der Waals surface area (Å²) in [6, 6.07) is 6.18. The molecule has 0 aliphatic heterocycles. The molecule has 1 unspecified atom stereocenters. The fraction of sp³-hybridized carbons (Fsp3) is 0.471. The number of rotatable bonds is 3. The zero-order chi connectivity index (χ0) is 15.4. The molecule has 4 nitrogen and oxygen atoms in total. The SMILES string of the molecule is COc1ccc(C)cc1-c1c(C2CC2(C)C)nn(C)c1N. The average Bonchev–Trinajstić information content (AvgIpc) is 2.96. The predicted molar refractivity (Wildman–Crippen MR) is 85.5 cm³/mol. The summed E-state index contributed by atoms with van der Waals surface area (Å²) in [5.41, 5.74) is 11.0. The van der Waals surface area contributed by atoms with Gasteiger partial charge in [-0.15, -0.1) is 0 Å². The second-order valence-corrected chi connectivity index (χ2v) is 6.72. The Morgan fingerprint density at radius 3 is 2.62 bits per heavy atom. The Kier molecular flexibility index (Phi) is 3.01. The summed E-state index contributed by atoms with van der Waals surface area (Å²) in [5.74, 6) is 2.03. The van der Waals surface area contributed by atoms with E-state index in [1.165, 1.54) is 5.56 Å². The highest BCUT2D eigenvalue weighted by atomic mass is 16.5. The standard InChI is InChI=1S/C17H23N3O/c1-10-6-7-13(21-5)11(8-10)14-15(12-9-17(12,2)3)19-20(4)16(14)18/h6-8,12H,9,18H2,1-5H3. The maximum Gasteiger partial charge on any atom is 0.129 e. The zero-order valence-corrected chi connectivity index (χ0v) is 13.4. The van der Waals surface area contributed by atoms with E-state index in [2.05, 4.69) is 38.0 Å². The number of hydrogen-bond donors (Lipinski definition) is 1. The van der Waals surface area contributed by atoms with Crippen molar-refractivity contribution in [3.63, 3.8) is 0 Å². The molecule has 1 aliphatic rings. The van der Waals surface area contributed by atoms with Gasteiger partial charge in [0.15, 0.2) is 0 Å². The van der Waals surface area contributed by atoms with Gasteiger partial charge in [0.1, 0.15) is 11.6 Å². The Morgan fingerprint density at radius 1 is 1.38 bits per heavy atom.